The van der Waals surface area contributed by atoms with Gasteiger partial charge in [-0.15, -0.1) is 10.2 Å². The first kappa shape index (κ1) is 19.4. The van der Waals surface area contributed by atoms with Gasteiger partial charge >= 0.3 is 0 Å². The zero-order valence-electron chi connectivity index (χ0n) is 16.7. The molecule has 0 saturated carbocycles. The highest BCUT2D eigenvalue weighted by molar-refractivity contribution is 7.92. The lowest BCUT2D eigenvalue weighted by Gasteiger charge is -2.16. The van der Waals surface area contributed by atoms with E-state index in [1.165, 1.54) is 6.07 Å². The van der Waals surface area contributed by atoms with Crippen molar-refractivity contribution in [1.29, 1.82) is 0 Å². The Labute approximate surface area is 179 Å². The topological polar surface area (TPSA) is 106 Å². The van der Waals surface area contributed by atoms with Crippen LogP contribution in [0.15, 0.2) is 59.5 Å². The Hall–Kier alpha value is -3.59. The number of carbonyl (C=O) groups is 1. The van der Waals surface area contributed by atoms with Crippen LogP contribution in [0.3, 0.4) is 0 Å². The second kappa shape index (κ2) is 7.28. The van der Waals surface area contributed by atoms with E-state index in [0.29, 0.717) is 29.1 Å². The van der Waals surface area contributed by atoms with Crippen molar-refractivity contribution in [2.45, 2.75) is 31.1 Å². The summed E-state index contributed by atoms with van der Waals surface area (Å²) in [5.41, 5.74) is 4.06. The van der Waals surface area contributed by atoms with Crippen LogP contribution in [-0.4, -0.2) is 34.0 Å². The summed E-state index contributed by atoms with van der Waals surface area (Å²) in [6.07, 6.45) is 2.06. The van der Waals surface area contributed by atoms with Gasteiger partial charge in [-0.3, -0.25) is 9.52 Å². The minimum atomic E-state index is -3.81. The summed E-state index contributed by atoms with van der Waals surface area (Å²) < 4.78 is 29.9. The number of ketones is 1. The zero-order valence-corrected chi connectivity index (χ0v) is 17.6. The molecule has 0 atom stereocenters. The summed E-state index contributed by atoms with van der Waals surface area (Å²) in [4.78, 5) is 12.2. The van der Waals surface area contributed by atoms with Crippen molar-refractivity contribution in [1.82, 2.24) is 19.8 Å². The Morgan fingerprint density at radius 3 is 2.58 bits per heavy atom. The van der Waals surface area contributed by atoms with E-state index >= 15 is 0 Å². The molecule has 31 heavy (non-hydrogen) atoms. The zero-order chi connectivity index (χ0) is 21.6. The molecule has 156 valence electrons. The van der Waals surface area contributed by atoms with Crippen LogP contribution < -0.4 is 4.72 Å². The van der Waals surface area contributed by atoms with Crippen LogP contribution in [0.5, 0.6) is 0 Å². The van der Waals surface area contributed by atoms with Gasteiger partial charge in [0, 0.05) is 23.2 Å². The third-order valence-corrected chi connectivity index (χ3v) is 6.77. The lowest BCUT2D eigenvalue weighted by molar-refractivity contribution is 0.0972. The number of nitrogens with one attached hydrogen (secondary N) is 1. The van der Waals surface area contributed by atoms with Crippen LogP contribution in [-0.2, 0) is 16.4 Å². The fraction of sp³-hybridized carbons (Fsp3) is 0.182. The number of nitrogens with zero attached hydrogens (tertiary/aromatic N) is 4. The number of hydrogen-bond donors (Lipinski definition) is 1. The van der Waals surface area contributed by atoms with Crippen LogP contribution >= 0.6 is 0 Å². The predicted octanol–water partition coefficient (Wildman–Crippen LogP) is 3.42. The Kier molecular flexibility index (Phi) is 4.55. The van der Waals surface area contributed by atoms with E-state index in [0.717, 1.165) is 29.7 Å². The Morgan fingerprint density at radius 1 is 0.968 bits per heavy atom. The summed E-state index contributed by atoms with van der Waals surface area (Å²) in [6.45, 7) is 1.82. The van der Waals surface area contributed by atoms with Crippen LogP contribution in [0.4, 0.5) is 5.69 Å². The number of rotatable bonds is 4. The van der Waals surface area contributed by atoms with E-state index in [9.17, 15) is 13.2 Å². The van der Waals surface area contributed by atoms with Crippen molar-refractivity contribution in [3.8, 4) is 11.3 Å². The maximum Gasteiger partial charge on any atom is 0.261 e. The molecule has 2 heterocycles. The molecule has 0 fully saturated rings. The molecule has 2 aromatic carbocycles. The fourth-order valence-corrected chi connectivity index (χ4v) is 4.83. The molecule has 9 heteroatoms. The smallest absolute Gasteiger partial charge is 0.261 e. The van der Waals surface area contributed by atoms with Crippen molar-refractivity contribution < 1.29 is 13.2 Å². The Bertz CT molecular complexity index is 1430. The van der Waals surface area contributed by atoms with Gasteiger partial charge < -0.3 is 0 Å². The molecular formula is C22H19N5O3S. The van der Waals surface area contributed by atoms with Crippen LogP contribution in [0.1, 0.15) is 34.6 Å². The van der Waals surface area contributed by atoms with Crippen LogP contribution in [0.25, 0.3) is 16.9 Å². The molecule has 0 saturated heterocycles. The van der Waals surface area contributed by atoms with Gasteiger partial charge in [0.1, 0.15) is 0 Å². The minimum Gasteiger partial charge on any atom is -0.294 e. The number of fused-ring (bicyclic) bond motifs is 2. The minimum absolute atomic E-state index is 0.00421. The van der Waals surface area contributed by atoms with E-state index in [-0.39, 0.29) is 10.7 Å². The lowest BCUT2D eigenvalue weighted by Crippen LogP contribution is -2.16. The number of Topliss-reactive ketones (excluding diaryl/α,β-unsaturated/α-hetero) is 1. The second-order valence-electron chi connectivity index (χ2n) is 7.51. The fourth-order valence-electron chi connectivity index (χ4n) is 3.75. The standard InChI is InChI=1S/C22H19N5O3S/c1-14-23-24-22-12-11-20(25-27(14)22)16-5-8-17(9-6-16)26-31(29,30)18-10-7-15-3-2-4-21(28)19(15)13-18/h5-13,26H,2-4H2,1H3. The molecule has 0 amide bonds. The molecule has 2 aromatic heterocycles. The molecule has 0 aliphatic heterocycles. The van der Waals surface area contributed by atoms with Gasteiger partial charge in [0.2, 0.25) is 0 Å². The van der Waals surface area contributed by atoms with E-state index < -0.39 is 10.0 Å². The number of benzene rings is 2. The van der Waals surface area contributed by atoms with Crippen LogP contribution in [0.2, 0.25) is 0 Å². The number of carbonyl (C=O) groups excluding carboxylic acids is 1. The molecule has 8 nitrogen and oxygen atoms in total. The maximum atomic E-state index is 12.9. The molecule has 5 rings (SSSR count). The van der Waals surface area contributed by atoms with Crippen LogP contribution in [0, 0.1) is 6.92 Å². The highest BCUT2D eigenvalue weighted by Gasteiger charge is 2.22. The highest BCUT2D eigenvalue weighted by atomic mass is 32.2. The summed E-state index contributed by atoms with van der Waals surface area (Å²) >= 11 is 0. The van der Waals surface area contributed by atoms with Gasteiger partial charge in [-0.2, -0.15) is 9.61 Å². The van der Waals surface area contributed by atoms with Crippen molar-refractivity contribution in [2.75, 3.05) is 4.72 Å². The number of sulfonamides is 1. The first-order valence-electron chi connectivity index (χ1n) is 9.89. The Balaban J connectivity index is 1.40. The average molecular weight is 433 g/mol. The highest BCUT2D eigenvalue weighted by Crippen LogP contribution is 2.26. The lowest BCUT2D eigenvalue weighted by atomic mass is 9.91. The average Bonchev–Trinajstić information content (AvgIpc) is 3.14. The molecule has 0 bridgehead atoms. The summed E-state index contributed by atoms with van der Waals surface area (Å²) in [5, 5.41) is 12.5. The predicted molar refractivity (Wildman–Crippen MR) is 115 cm³/mol. The number of hydrogen-bond acceptors (Lipinski definition) is 6. The van der Waals surface area contributed by atoms with Gasteiger partial charge in [-0.1, -0.05) is 18.2 Å². The molecule has 0 spiro atoms. The number of aromatic nitrogens is 4. The SMILES string of the molecule is Cc1nnc2ccc(-c3ccc(NS(=O)(=O)c4ccc5c(c4)C(=O)CCC5)cc3)nn12. The van der Waals surface area contributed by atoms with E-state index in [1.54, 1.807) is 40.9 Å². The quantitative estimate of drug-likeness (QED) is 0.529. The molecule has 1 aliphatic rings. The second-order valence-corrected chi connectivity index (χ2v) is 9.20. The van der Waals surface area contributed by atoms with Crippen molar-refractivity contribution >= 4 is 27.1 Å². The van der Waals surface area contributed by atoms with Gasteiger partial charge in [0.15, 0.2) is 17.3 Å². The van der Waals surface area contributed by atoms with Gasteiger partial charge in [0.05, 0.1) is 10.6 Å². The van der Waals surface area contributed by atoms with E-state index in [1.807, 2.05) is 19.1 Å². The van der Waals surface area contributed by atoms with Crippen molar-refractivity contribution in [2.24, 2.45) is 0 Å². The first-order chi connectivity index (χ1) is 14.9. The monoisotopic (exact) mass is 433 g/mol. The summed E-state index contributed by atoms with van der Waals surface area (Å²) in [5.74, 6) is 0.681. The summed E-state index contributed by atoms with van der Waals surface area (Å²) in [6, 6.07) is 15.4. The molecule has 0 radical (unpaired) electrons. The van der Waals surface area contributed by atoms with Gasteiger partial charge in [-0.05, 0) is 61.7 Å². The molecule has 1 N–H and O–H groups in total. The van der Waals surface area contributed by atoms with E-state index in [2.05, 4.69) is 20.0 Å². The number of anilines is 1. The van der Waals surface area contributed by atoms with Crippen molar-refractivity contribution in [3.05, 3.63) is 71.5 Å². The van der Waals surface area contributed by atoms with E-state index in [4.69, 9.17) is 0 Å². The largest absolute Gasteiger partial charge is 0.294 e. The third kappa shape index (κ3) is 3.57. The Morgan fingerprint density at radius 2 is 1.77 bits per heavy atom. The van der Waals surface area contributed by atoms with Gasteiger partial charge in [0.25, 0.3) is 10.0 Å². The molecule has 1 aliphatic carbocycles. The summed E-state index contributed by atoms with van der Waals surface area (Å²) in [7, 11) is -3.81. The molecule has 0 unspecified atom stereocenters. The molecule has 4 aromatic rings. The maximum absolute atomic E-state index is 12.9. The normalized spacial score (nSPS) is 13.9. The molecular weight excluding hydrogens is 414 g/mol. The third-order valence-electron chi connectivity index (χ3n) is 5.39. The van der Waals surface area contributed by atoms with Gasteiger partial charge in [-0.25, -0.2) is 8.42 Å². The number of aryl methyl sites for hydroxylation is 2. The van der Waals surface area contributed by atoms with Crippen molar-refractivity contribution in [3.63, 3.8) is 0 Å². The first-order valence-corrected chi connectivity index (χ1v) is 11.4.